The highest BCUT2D eigenvalue weighted by molar-refractivity contribution is 5.94. The second-order valence-electron chi connectivity index (χ2n) is 4.60. The number of pyridine rings is 1. The molecule has 0 saturated carbocycles. The van der Waals surface area contributed by atoms with Crippen LogP contribution in [-0.4, -0.2) is 21.5 Å². The molecule has 0 saturated heterocycles. The van der Waals surface area contributed by atoms with Crippen LogP contribution in [0.2, 0.25) is 0 Å². The van der Waals surface area contributed by atoms with E-state index in [1.807, 2.05) is 30.6 Å². The summed E-state index contributed by atoms with van der Waals surface area (Å²) in [7, 11) is 0. The second-order valence-corrected chi connectivity index (χ2v) is 4.60. The maximum atomic E-state index is 4.57. The number of nitrogens with zero attached hydrogens (tertiary/aromatic N) is 3. The number of rotatable bonds is 4. The smallest absolute Gasteiger partial charge is 0.223 e. The van der Waals surface area contributed by atoms with Gasteiger partial charge in [0.2, 0.25) is 5.95 Å². The molecule has 0 unspecified atom stereocenters. The van der Waals surface area contributed by atoms with E-state index in [1.54, 1.807) is 6.20 Å². The molecular weight excluding hydrogens is 248 g/mol. The molecule has 2 heterocycles. The minimum Gasteiger partial charge on any atom is -0.354 e. The molecule has 1 aromatic carbocycles. The van der Waals surface area contributed by atoms with E-state index in [0.717, 1.165) is 35.0 Å². The van der Waals surface area contributed by atoms with Gasteiger partial charge in [-0.15, -0.1) is 0 Å². The Morgan fingerprint density at radius 3 is 2.90 bits per heavy atom. The molecule has 0 amide bonds. The first kappa shape index (κ1) is 12.5. The second kappa shape index (κ2) is 5.65. The zero-order valence-electron chi connectivity index (χ0n) is 11.4. The summed E-state index contributed by atoms with van der Waals surface area (Å²) in [6.07, 6.45) is 6.55. The normalized spacial score (nSPS) is 10.7. The first-order chi connectivity index (χ1) is 9.88. The monoisotopic (exact) mass is 264 g/mol. The van der Waals surface area contributed by atoms with Gasteiger partial charge in [0.05, 0.1) is 5.69 Å². The lowest BCUT2D eigenvalue weighted by atomic mass is 10.1. The van der Waals surface area contributed by atoms with Crippen molar-refractivity contribution in [1.29, 1.82) is 0 Å². The van der Waals surface area contributed by atoms with Crippen molar-refractivity contribution in [3.63, 3.8) is 0 Å². The summed E-state index contributed by atoms with van der Waals surface area (Å²) in [5.74, 6) is 0.664. The van der Waals surface area contributed by atoms with Crippen molar-refractivity contribution < 1.29 is 0 Å². The van der Waals surface area contributed by atoms with Crippen molar-refractivity contribution in [3.05, 3.63) is 48.9 Å². The molecule has 20 heavy (non-hydrogen) atoms. The van der Waals surface area contributed by atoms with Crippen LogP contribution in [0, 0.1) is 0 Å². The summed E-state index contributed by atoms with van der Waals surface area (Å²) >= 11 is 0. The molecule has 0 spiro atoms. The summed E-state index contributed by atoms with van der Waals surface area (Å²) < 4.78 is 0. The Bertz CT molecular complexity index is 719. The van der Waals surface area contributed by atoms with Crippen LogP contribution in [0.1, 0.15) is 13.3 Å². The van der Waals surface area contributed by atoms with Crippen molar-refractivity contribution in [3.8, 4) is 11.3 Å². The summed E-state index contributed by atoms with van der Waals surface area (Å²) in [6, 6.07) is 10.1. The Labute approximate surface area is 117 Å². The van der Waals surface area contributed by atoms with Gasteiger partial charge in [0.15, 0.2) is 0 Å². The quantitative estimate of drug-likeness (QED) is 0.783. The fourth-order valence-electron chi connectivity index (χ4n) is 2.15. The van der Waals surface area contributed by atoms with Gasteiger partial charge in [-0.3, -0.25) is 4.98 Å². The molecule has 0 aliphatic carbocycles. The van der Waals surface area contributed by atoms with Gasteiger partial charge in [-0.1, -0.05) is 31.2 Å². The van der Waals surface area contributed by atoms with E-state index >= 15 is 0 Å². The molecule has 4 heteroatoms. The van der Waals surface area contributed by atoms with E-state index in [2.05, 4.69) is 39.3 Å². The topological polar surface area (TPSA) is 50.7 Å². The van der Waals surface area contributed by atoms with E-state index in [0.29, 0.717) is 5.95 Å². The van der Waals surface area contributed by atoms with Gasteiger partial charge in [0, 0.05) is 36.1 Å². The fraction of sp³-hybridized carbons (Fsp3) is 0.188. The first-order valence-corrected chi connectivity index (χ1v) is 6.78. The molecule has 0 aliphatic heterocycles. The van der Waals surface area contributed by atoms with E-state index in [1.165, 1.54) is 0 Å². The number of hydrogen-bond donors (Lipinski definition) is 1. The first-order valence-electron chi connectivity index (χ1n) is 6.78. The fourth-order valence-corrected chi connectivity index (χ4v) is 2.15. The number of aromatic nitrogens is 3. The molecular formula is C16H16N4. The maximum absolute atomic E-state index is 4.57. The van der Waals surface area contributed by atoms with Crippen molar-refractivity contribution in [2.24, 2.45) is 0 Å². The van der Waals surface area contributed by atoms with Gasteiger partial charge in [-0.05, 0) is 17.9 Å². The molecule has 100 valence electrons. The Morgan fingerprint density at radius 2 is 2.00 bits per heavy atom. The molecule has 4 nitrogen and oxygen atoms in total. The lowest BCUT2D eigenvalue weighted by Gasteiger charge is -2.07. The summed E-state index contributed by atoms with van der Waals surface area (Å²) in [5.41, 5.74) is 1.92. The third-order valence-corrected chi connectivity index (χ3v) is 3.13. The lowest BCUT2D eigenvalue weighted by Crippen LogP contribution is -2.04. The molecule has 0 fully saturated rings. The standard InChI is InChI=1S/C16H16N4/c1-2-8-18-16-19-9-7-15(20-16)14-11-17-10-12-5-3-4-6-13(12)14/h3-7,9-11H,2,8H2,1H3,(H,18,19,20). The molecule has 0 atom stereocenters. The van der Waals surface area contributed by atoms with Crippen LogP contribution in [0.25, 0.3) is 22.0 Å². The molecule has 1 N–H and O–H groups in total. The zero-order chi connectivity index (χ0) is 13.8. The third kappa shape index (κ3) is 2.45. The maximum Gasteiger partial charge on any atom is 0.223 e. The predicted molar refractivity (Wildman–Crippen MR) is 81.5 cm³/mol. The van der Waals surface area contributed by atoms with Crippen LogP contribution in [-0.2, 0) is 0 Å². The van der Waals surface area contributed by atoms with E-state index < -0.39 is 0 Å². The van der Waals surface area contributed by atoms with Crippen LogP contribution in [0.15, 0.2) is 48.9 Å². The molecule has 3 aromatic rings. The van der Waals surface area contributed by atoms with Crippen LogP contribution in [0.5, 0.6) is 0 Å². The van der Waals surface area contributed by atoms with Crippen LogP contribution < -0.4 is 5.32 Å². The summed E-state index contributed by atoms with van der Waals surface area (Å²) in [6.45, 7) is 2.99. The minimum atomic E-state index is 0.664. The number of benzene rings is 1. The highest BCUT2D eigenvalue weighted by atomic mass is 15.1. The van der Waals surface area contributed by atoms with Crippen molar-refractivity contribution in [2.45, 2.75) is 13.3 Å². The van der Waals surface area contributed by atoms with Gasteiger partial charge in [0.25, 0.3) is 0 Å². The van der Waals surface area contributed by atoms with E-state index in [4.69, 9.17) is 0 Å². The van der Waals surface area contributed by atoms with Crippen molar-refractivity contribution in [1.82, 2.24) is 15.0 Å². The average molecular weight is 264 g/mol. The van der Waals surface area contributed by atoms with Gasteiger partial charge in [-0.25, -0.2) is 9.97 Å². The van der Waals surface area contributed by atoms with E-state index in [9.17, 15) is 0 Å². The Hall–Kier alpha value is -2.49. The minimum absolute atomic E-state index is 0.664. The highest BCUT2D eigenvalue weighted by Crippen LogP contribution is 2.26. The zero-order valence-corrected chi connectivity index (χ0v) is 11.4. The molecule has 3 rings (SSSR count). The number of anilines is 1. The Balaban J connectivity index is 2.06. The van der Waals surface area contributed by atoms with Gasteiger partial charge in [-0.2, -0.15) is 0 Å². The molecule has 0 radical (unpaired) electrons. The molecule has 2 aromatic heterocycles. The van der Waals surface area contributed by atoms with Gasteiger partial charge >= 0.3 is 0 Å². The number of hydrogen-bond acceptors (Lipinski definition) is 4. The average Bonchev–Trinajstić information content (AvgIpc) is 2.52. The lowest BCUT2D eigenvalue weighted by molar-refractivity contribution is 0.953. The predicted octanol–water partition coefficient (Wildman–Crippen LogP) is 3.51. The largest absolute Gasteiger partial charge is 0.354 e. The van der Waals surface area contributed by atoms with Gasteiger partial charge in [0.1, 0.15) is 0 Å². The van der Waals surface area contributed by atoms with Crippen molar-refractivity contribution >= 4 is 16.7 Å². The van der Waals surface area contributed by atoms with Crippen LogP contribution >= 0.6 is 0 Å². The van der Waals surface area contributed by atoms with Crippen molar-refractivity contribution in [2.75, 3.05) is 11.9 Å². The number of fused-ring (bicyclic) bond motifs is 1. The summed E-state index contributed by atoms with van der Waals surface area (Å²) in [4.78, 5) is 13.1. The Morgan fingerprint density at radius 1 is 1.10 bits per heavy atom. The third-order valence-electron chi connectivity index (χ3n) is 3.13. The van der Waals surface area contributed by atoms with Gasteiger partial charge < -0.3 is 5.32 Å². The van der Waals surface area contributed by atoms with Crippen LogP contribution in [0.3, 0.4) is 0 Å². The molecule has 0 aliphatic rings. The Kier molecular flexibility index (Phi) is 3.54. The summed E-state index contributed by atoms with van der Waals surface area (Å²) in [5, 5.41) is 5.48. The van der Waals surface area contributed by atoms with Crippen LogP contribution in [0.4, 0.5) is 5.95 Å². The SMILES string of the molecule is CCCNc1nccc(-c2cncc3ccccc23)n1. The molecule has 0 bridgehead atoms. The number of nitrogens with one attached hydrogen (secondary N) is 1. The van der Waals surface area contributed by atoms with E-state index in [-0.39, 0.29) is 0 Å². The highest BCUT2D eigenvalue weighted by Gasteiger charge is 2.06.